The molecule has 2 nitrogen and oxygen atoms in total. The molecule has 0 N–H and O–H groups in total. The van der Waals surface area contributed by atoms with E-state index >= 15 is 0 Å². The van der Waals surface area contributed by atoms with Crippen LogP contribution in [-0.4, -0.2) is 11.6 Å². The van der Waals surface area contributed by atoms with Gasteiger partial charge >= 0.3 is 6.18 Å². The summed E-state index contributed by atoms with van der Waals surface area (Å²) in [7, 11) is 0. The van der Waals surface area contributed by atoms with Gasteiger partial charge in [-0.05, 0) is 25.5 Å². The highest BCUT2D eigenvalue weighted by atomic mass is 19.4. The Kier molecular flexibility index (Phi) is 2.98. The average molecular weight is 205 g/mol. The lowest BCUT2D eigenvalue weighted by atomic mass is 10.2. The van der Waals surface area contributed by atoms with Gasteiger partial charge in [-0.3, -0.25) is 0 Å². The molecule has 1 aromatic rings. The quantitative estimate of drug-likeness (QED) is 0.740. The summed E-state index contributed by atoms with van der Waals surface area (Å²) in [4.78, 5) is 3.59. The molecule has 0 aliphatic rings. The number of pyridine rings is 1. The summed E-state index contributed by atoms with van der Waals surface area (Å²) in [6.45, 7) is 3.33. The van der Waals surface area contributed by atoms with Crippen LogP contribution in [0.5, 0.6) is 5.88 Å². The second-order valence-corrected chi connectivity index (χ2v) is 2.80. The van der Waals surface area contributed by atoms with Crippen molar-refractivity contribution in [1.29, 1.82) is 0 Å². The highest BCUT2D eigenvalue weighted by Gasteiger charge is 2.35. The van der Waals surface area contributed by atoms with E-state index in [4.69, 9.17) is 4.74 Å². The molecule has 1 rings (SSSR count). The fourth-order valence-electron chi connectivity index (χ4n) is 1.01. The van der Waals surface area contributed by atoms with Gasteiger partial charge in [0.2, 0.25) is 5.88 Å². The first kappa shape index (κ1) is 10.8. The lowest BCUT2D eigenvalue weighted by Gasteiger charge is -2.12. The van der Waals surface area contributed by atoms with Crippen LogP contribution in [0.3, 0.4) is 0 Å². The maximum absolute atomic E-state index is 12.4. The van der Waals surface area contributed by atoms with E-state index in [1.54, 1.807) is 13.8 Å². The Balaban J connectivity index is 3.16. The van der Waals surface area contributed by atoms with E-state index in [0.29, 0.717) is 5.56 Å². The van der Waals surface area contributed by atoms with Gasteiger partial charge in [-0.15, -0.1) is 0 Å². The van der Waals surface area contributed by atoms with Crippen molar-refractivity contribution in [3.8, 4) is 5.88 Å². The van der Waals surface area contributed by atoms with Gasteiger partial charge in [0.25, 0.3) is 0 Å². The monoisotopic (exact) mass is 205 g/mol. The first-order valence-electron chi connectivity index (χ1n) is 4.11. The summed E-state index contributed by atoms with van der Waals surface area (Å²) >= 11 is 0. The lowest BCUT2D eigenvalue weighted by molar-refractivity contribution is -0.139. The molecule has 1 heterocycles. The molecule has 0 saturated heterocycles. The van der Waals surface area contributed by atoms with E-state index in [1.807, 2.05) is 0 Å². The molecule has 14 heavy (non-hydrogen) atoms. The van der Waals surface area contributed by atoms with E-state index in [9.17, 15) is 13.2 Å². The van der Waals surface area contributed by atoms with Crippen LogP contribution in [0.2, 0.25) is 0 Å². The standard InChI is InChI=1S/C9H10F3NO/c1-3-14-8-7(9(10,11)12)4-6(2)5-13-8/h4-5H,3H2,1-2H3. The summed E-state index contributed by atoms with van der Waals surface area (Å²) in [6, 6.07) is 1.03. The average Bonchev–Trinajstić information content (AvgIpc) is 2.07. The number of aryl methyl sites for hydroxylation is 1. The van der Waals surface area contributed by atoms with Crippen LogP contribution < -0.4 is 4.74 Å². The van der Waals surface area contributed by atoms with E-state index in [1.165, 1.54) is 6.20 Å². The molecule has 5 heteroatoms. The molecule has 0 radical (unpaired) electrons. The Morgan fingerprint density at radius 3 is 2.57 bits per heavy atom. The van der Waals surface area contributed by atoms with Gasteiger partial charge in [0.15, 0.2) is 0 Å². The fraction of sp³-hybridized carbons (Fsp3) is 0.444. The minimum Gasteiger partial charge on any atom is -0.478 e. The smallest absolute Gasteiger partial charge is 0.421 e. The minimum absolute atomic E-state index is 0.166. The number of aromatic nitrogens is 1. The van der Waals surface area contributed by atoms with Crippen molar-refractivity contribution in [2.24, 2.45) is 0 Å². The number of nitrogens with zero attached hydrogens (tertiary/aromatic N) is 1. The number of rotatable bonds is 2. The molecule has 0 aliphatic heterocycles. The summed E-state index contributed by atoms with van der Waals surface area (Å²) < 4.78 is 42.1. The van der Waals surface area contributed by atoms with Crippen molar-refractivity contribution < 1.29 is 17.9 Å². The third-order valence-electron chi connectivity index (χ3n) is 1.57. The second-order valence-electron chi connectivity index (χ2n) is 2.80. The molecule has 0 fully saturated rings. The van der Waals surface area contributed by atoms with Crippen molar-refractivity contribution in [2.75, 3.05) is 6.61 Å². The van der Waals surface area contributed by atoms with E-state index in [-0.39, 0.29) is 12.5 Å². The number of hydrogen-bond acceptors (Lipinski definition) is 2. The number of hydrogen-bond donors (Lipinski definition) is 0. The maximum atomic E-state index is 12.4. The molecule has 0 aliphatic carbocycles. The zero-order chi connectivity index (χ0) is 10.8. The van der Waals surface area contributed by atoms with Crippen molar-refractivity contribution in [2.45, 2.75) is 20.0 Å². The highest BCUT2D eigenvalue weighted by Crippen LogP contribution is 2.35. The molecular weight excluding hydrogens is 195 g/mol. The van der Waals surface area contributed by atoms with Gasteiger partial charge in [0.1, 0.15) is 5.56 Å². The Morgan fingerprint density at radius 2 is 2.07 bits per heavy atom. The molecular formula is C9H10F3NO. The van der Waals surface area contributed by atoms with Crippen LogP contribution in [0.25, 0.3) is 0 Å². The summed E-state index contributed by atoms with van der Waals surface area (Å²) in [5, 5.41) is 0. The first-order chi connectivity index (χ1) is 6.45. The fourth-order valence-corrected chi connectivity index (χ4v) is 1.01. The Bertz CT molecular complexity index is 322. The van der Waals surface area contributed by atoms with Gasteiger partial charge in [-0.25, -0.2) is 4.98 Å². The van der Waals surface area contributed by atoms with Crippen molar-refractivity contribution in [3.05, 3.63) is 23.4 Å². The Morgan fingerprint density at radius 1 is 1.43 bits per heavy atom. The number of halogens is 3. The minimum atomic E-state index is -4.41. The normalized spacial score (nSPS) is 11.5. The van der Waals surface area contributed by atoms with Crippen LogP contribution in [0.4, 0.5) is 13.2 Å². The van der Waals surface area contributed by atoms with E-state index < -0.39 is 11.7 Å². The third-order valence-corrected chi connectivity index (χ3v) is 1.57. The molecule has 1 aromatic heterocycles. The van der Waals surface area contributed by atoms with Crippen molar-refractivity contribution in [1.82, 2.24) is 4.98 Å². The van der Waals surface area contributed by atoms with Crippen LogP contribution in [0.1, 0.15) is 18.1 Å². The van der Waals surface area contributed by atoms with Crippen LogP contribution in [0, 0.1) is 6.92 Å². The Labute approximate surface area is 79.7 Å². The molecule has 0 saturated carbocycles. The summed E-state index contributed by atoms with van der Waals surface area (Å²) in [5.41, 5.74) is -0.361. The van der Waals surface area contributed by atoms with Gasteiger partial charge in [0, 0.05) is 6.20 Å². The molecule has 0 amide bonds. The first-order valence-corrected chi connectivity index (χ1v) is 4.11. The van der Waals surface area contributed by atoms with Crippen LogP contribution in [0.15, 0.2) is 12.3 Å². The van der Waals surface area contributed by atoms with Gasteiger partial charge in [-0.1, -0.05) is 0 Å². The van der Waals surface area contributed by atoms with Crippen LogP contribution in [-0.2, 0) is 6.18 Å². The third kappa shape index (κ3) is 2.37. The molecule has 78 valence electrons. The molecule has 0 spiro atoms. The van der Waals surface area contributed by atoms with Crippen molar-refractivity contribution in [3.63, 3.8) is 0 Å². The predicted octanol–water partition coefficient (Wildman–Crippen LogP) is 2.81. The van der Waals surface area contributed by atoms with E-state index in [0.717, 1.165) is 6.07 Å². The van der Waals surface area contributed by atoms with E-state index in [2.05, 4.69) is 4.98 Å². The van der Waals surface area contributed by atoms with Crippen LogP contribution >= 0.6 is 0 Å². The summed E-state index contributed by atoms with van der Waals surface area (Å²) in [6.07, 6.45) is -3.07. The lowest BCUT2D eigenvalue weighted by Crippen LogP contribution is -2.10. The van der Waals surface area contributed by atoms with Crippen molar-refractivity contribution >= 4 is 0 Å². The molecule has 0 bridgehead atoms. The molecule has 0 aromatic carbocycles. The predicted molar refractivity (Wildman–Crippen MR) is 45.1 cm³/mol. The number of alkyl halides is 3. The largest absolute Gasteiger partial charge is 0.478 e. The summed E-state index contributed by atoms with van der Waals surface area (Å²) in [5.74, 6) is -0.356. The van der Waals surface area contributed by atoms with Gasteiger partial charge in [0.05, 0.1) is 6.61 Å². The zero-order valence-electron chi connectivity index (χ0n) is 7.85. The SMILES string of the molecule is CCOc1ncc(C)cc1C(F)(F)F. The van der Waals surface area contributed by atoms with Gasteiger partial charge < -0.3 is 4.74 Å². The molecule has 0 unspecified atom stereocenters. The Hall–Kier alpha value is -1.26. The maximum Gasteiger partial charge on any atom is 0.421 e. The second kappa shape index (κ2) is 3.86. The van der Waals surface area contributed by atoms with Gasteiger partial charge in [-0.2, -0.15) is 13.2 Å². The molecule has 0 atom stereocenters. The highest BCUT2D eigenvalue weighted by molar-refractivity contribution is 5.31. The topological polar surface area (TPSA) is 22.1 Å². The zero-order valence-corrected chi connectivity index (χ0v) is 7.85. The number of ether oxygens (including phenoxy) is 1.